The minimum atomic E-state index is -0.122. The number of pyridine rings is 1. The molecule has 9 nitrogen and oxygen atoms in total. The lowest BCUT2D eigenvalue weighted by atomic mass is 10.0. The van der Waals surface area contributed by atoms with Crippen molar-refractivity contribution in [2.45, 2.75) is 18.9 Å². The van der Waals surface area contributed by atoms with E-state index in [1.165, 1.54) is 12.8 Å². The summed E-state index contributed by atoms with van der Waals surface area (Å²) < 4.78 is 0. The number of carbonyl (C=O) groups excluding carboxylic acids is 1. The number of aromatic amines is 1. The molecule has 1 aliphatic heterocycles. The molecule has 1 saturated carbocycles. The average molecular weight is 438 g/mol. The van der Waals surface area contributed by atoms with Crippen molar-refractivity contribution in [1.29, 1.82) is 0 Å². The first-order valence-corrected chi connectivity index (χ1v) is 11.0. The largest absolute Gasteiger partial charge is 0.372 e. The van der Waals surface area contributed by atoms with Crippen LogP contribution in [0.2, 0.25) is 0 Å². The van der Waals surface area contributed by atoms with Gasteiger partial charge in [0, 0.05) is 51.1 Å². The van der Waals surface area contributed by atoms with Crippen LogP contribution in [0.1, 0.15) is 12.8 Å². The van der Waals surface area contributed by atoms with Gasteiger partial charge in [0.25, 0.3) is 5.56 Å². The number of nitrogens with zero attached hydrogens (tertiary/aromatic N) is 5. The Labute approximate surface area is 188 Å². The Bertz CT molecular complexity index is 1040. The number of anilines is 2. The number of carbonyl (C=O) groups is 1. The zero-order valence-corrected chi connectivity index (χ0v) is 18.9. The van der Waals surface area contributed by atoms with Crippen LogP contribution in [0.4, 0.5) is 11.5 Å². The molecule has 0 unspecified atom stereocenters. The molecule has 32 heavy (non-hydrogen) atoms. The summed E-state index contributed by atoms with van der Waals surface area (Å²) in [5.74, 6) is 1.30. The molecule has 2 aromatic heterocycles. The number of hydrogen-bond acceptors (Lipinski definition) is 7. The molecule has 1 aliphatic carbocycles. The molecule has 1 amide bonds. The molecule has 0 spiro atoms. The van der Waals surface area contributed by atoms with E-state index >= 15 is 0 Å². The van der Waals surface area contributed by atoms with Crippen molar-refractivity contribution in [2.75, 3.05) is 57.5 Å². The minimum absolute atomic E-state index is 0.0243. The molecule has 2 aliphatic rings. The van der Waals surface area contributed by atoms with Gasteiger partial charge in [-0.25, -0.2) is 4.98 Å². The maximum absolute atomic E-state index is 12.8. The maximum Gasteiger partial charge on any atom is 0.271 e. The molecular formula is C23H31N7O2. The Balaban J connectivity index is 1.52. The van der Waals surface area contributed by atoms with E-state index in [-0.39, 0.29) is 17.5 Å². The molecule has 0 bridgehead atoms. The molecule has 2 N–H and O–H groups in total. The van der Waals surface area contributed by atoms with Crippen molar-refractivity contribution in [2.24, 2.45) is 5.92 Å². The van der Waals surface area contributed by atoms with Gasteiger partial charge >= 0.3 is 0 Å². The monoisotopic (exact) mass is 437 g/mol. The van der Waals surface area contributed by atoms with Gasteiger partial charge in [-0.1, -0.05) is 6.08 Å². The first-order chi connectivity index (χ1) is 15.4. The summed E-state index contributed by atoms with van der Waals surface area (Å²) in [4.78, 5) is 42.9. The first-order valence-electron chi connectivity index (χ1n) is 11.0. The minimum Gasteiger partial charge on any atom is -0.372 e. The summed E-state index contributed by atoms with van der Waals surface area (Å²) in [6.07, 6.45) is 10.9. The van der Waals surface area contributed by atoms with Crippen LogP contribution in [-0.4, -0.2) is 84.0 Å². The first kappa shape index (κ1) is 22.0. The quantitative estimate of drug-likeness (QED) is 0.573. The number of H-pyrrole nitrogens is 1. The summed E-state index contributed by atoms with van der Waals surface area (Å²) in [5.41, 5.74) is 2.01. The van der Waals surface area contributed by atoms with Crippen LogP contribution in [-0.2, 0) is 4.79 Å². The fourth-order valence-electron chi connectivity index (χ4n) is 3.78. The average Bonchev–Trinajstić information content (AvgIpc) is 3.56. The van der Waals surface area contributed by atoms with Crippen molar-refractivity contribution in [3.63, 3.8) is 0 Å². The number of rotatable bonds is 9. The molecule has 3 heterocycles. The van der Waals surface area contributed by atoms with Crippen LogP contribution in [0.15, 0.2) is 41.6 Å². The Morgan fingerprint density at radius 3 is 2.78 bits per heavy atom. The van der Waals surface area contributed by atoms with Crippen LogP contribution in [0, 0.1) is 5.92 Å². The van der Waals surface area contributed by atoms with Gasteiger partial charge in [0.15, 0.2) is 0 Å². The second-order valence-corrected chi connectivity index (χ2v) is 8.80. The fourth-order valence-corrected chi connectivity index (χ4v) is 3.78. The summed E-state index contributed by atoms with van der Waals surface area (Å²) in [6, 6.07) is 2.03. The van der Waals surface area contributed by atoms with Gasteiger partial charge < -0.3 is 25.0 Å². The van der Waals surface area contributed by atoms with Gasteiger partial charge in [0.1, 0.15) is 11.5 Å². The van der Waals surface area contributed by atoms with Crippen LogP contribution < -0.4 is 15.8 Å². The van der Waals surface area contributed by atoms with Crippen LogP contribution in [0.25, 0.3) is 11.3 Å². The fraction of sp³-hybridized carbons (Fsp3) is 0.478. The second-order valence-electron chi connectivity index (χ2n) is 8.80. The van der Waals surface area contributed by atoms with Crippen molar-refractivity contribution < 1.29 is 4.79 Å². The molecule has 4 rings (SSSR count). The predicted octanol–water partition coefficient (Wildman–Crippen LogP) is 1.42. The number of aromatic nitrogens is 3. The zero-order chi connectivity index (χ0) is 22.7. The molecule has 0 aromatic carbocycles. The predicted molar refractivity (Wildman–Crippen MR) is 126 cm³/mol. The van der Waals surface area contributed by atoms with E-state index in [0.29, 0.717) is 36.2 Å². The number of likely N-dealkylation sites (N-methyl/N-ethyl adjacent to an activating group) is 1. The van der Waals surface area contributed by atoms with Gasteiger partial charge in [-0.2, -0.15) is 0 Å². The second kappa shape index (κ2) is 9.52. The lowest BCUT2D eigenvalue weighted by Crippen LogP contribution is -2.62. The van der Waals surface area contributed by atoms with Crippen molar-refractivity contribution in [3.05, 3.63) is 47.2 Å². The molecule has 1 saturated heterocycles. The standard InChI is InChI=1S/C23H31N7O2/c1-24-21-12-25-11-19(27-21)17-9-20(23(32)26-10-17)30(13-16-6-7-16)18-14-29(15-18)22(31)5-4-8-28(2)3/h4-5,9-12,16,18H,6-8,13-15H2,1-3H3,(H,24,27)(H,26,32)/b5-4+. The third-order valence-corrected chi connectivity index (χ3v) is 5.88. The zero-order valence-electron chi connectivity index (χ0n) is 18.9. The molecule has 2 fully saturated rings. The van der Waals surface area contributed by atoms with E-state index in [9.17, 15) is 9.59 Å². The number of hydrogen-bond donors (Lipinski definition) is 2. The van der Waals surface area contributed by atoms with Gasteiger partial charge in [-0.15, -0.1) is 0 Å². The summed E-state index contributed by atoms with van der Waals surface area (Å²) in [5, 5.41) is 2.99. The van der Waals surface area contributed by atoms with Crippen molar-refractivity contribution in [3.8, 4) is 11.3 Å². The summed E-state index contributed by atoms with van der Waals surface area (Å²) in [7, 11) is 5.73. The van der Waals surface area contributed by atoms with E-state index in [0.717, 1.165) is 18.7 Å². The van der Waals surface area contributed by atoms with E-state index in [4.69, 9.17) is 0 Å². The topological polar surface area (TPSA) is 97.5 Å². The molecule has 9 heteroatoms. The Hall–Kier alpha value is -3.20. The van der Waals surface area contributed by atoms with Gasteiger partial charge in [0.05, 0.1) is 24.1 Å². The number of amides is 1. The lowest BCUT2D eigenvalue weighted by Gasteiger charge is -2.46. The van der Waals surface area contributed by atoms with Crippen molar-refractivity contribution in [1.82, 2.24) is 24.8 Å². The van der Waals surface area contributed by atoms with E-state index in [1.807, 2.05) is 36.0 Å². The molecule has 0 atom stereocenters. The summed E-state index contributed by atoms with van der Waals surface area (Å²) >= 11 is 0. The highest BCUT2D eigenvalue weighted by Crippen LogP contribution is 2.33. The lowest BCUT2D eigenvalue weighted by molar-refractivity contribution is -0.130. The third-order valence-electron chi connectivity index (χ3n) is 5.88. The third kappa shape index (κ3) is 5.16. The van der Waals surface area contributed by atoms with Gasteiger partial charge in [-0.3, -0.25) is 14.6 Å². The number of nitrogens with one attached hydrogen (secondary N) is 2. The van der Waals surface area contributed by atoms with E-state index < -0.39 is 0 Å². The van der Waals surface area contributed by atoms with Gasteiger partial charge in [0.2, 0.25) is 5.91 Å². The van der Waals surface area contributed by atoms with E-state index in [2.05, 4.69) is 25.2 Å². The Kier molecular flexibility index (Phi) is 6.55. The van der Waals surface area contributed by atoms with Crippen LogP contribution >= 0.6 is 0 Å². The van der Waals surface area contributed by atoms with Crippen LogP contribution in [0.3, 0.4) is 0 Å². The SMILES string of the molecule is CNc1cncc(-c2c[nH]c(=O)c(N(CC3CC3)C3CN(C(=O)/C=C/CN(C)C)C3)c2)n1. The van der Waals surface area contributed by atoms with Gasteiger partial charge in [-0.05, 0) is 38.9 Å². The van der Waals surface area contributed by atoms with Crippen molar-refractivity contribution >= 4 is 17.4 Å². The molecule has 0 radical (unpaired) electrons. The highest BCUT2D eigenvalue weighted by Gasteiger charge is 2.37. The van der Waals surface area contributed by atoms with Crippen LogP contribution in [0.5, 0.6) is 0 Å². The highest BCUT2D eigenvalue weighted by molar-refractivity contribution is 5.88. The normalized spacial score (nSPS) is 16.4. The Morgan fingerprint density at radius 1 is 1.31 bits per heavy atom. The smallest absolute Gasteiger partial charge is 0.271 e. The Morgan fingerprint density at radius 2 is 2.09 bits per heavy atom. The maximum atomic E-state index is 12.8. The molecule has 2 aromatic rings. The number of likely N-dealkylation sites (tertiary alicyclic amines) is 1. The highest BCUT2D eigenvalue weighted by atomic mass is 16.2. The molecular weight excluding hydrogens is 406 g/mol. The summed E-state index contributed by atoms with van der Waals surface area (Å²) in [6.45, 7) is 2.81. The molecule has 170 valence electrons. The van der Waals surface area contributed by atoms with E-state index in [1.54, 1.807) is 31.7 Å².